The maximum absolute atomic E-state index is 12.6. The van der Waals surface area contributed by atoms with Gasteiger partial charge in [0.25, 0.3) is 0 Å². The van der Waals surface area contributed by atoms with E-state index in [-0.39, 0.29) is 23.6 Å². The van der Waals surface area contributed by atoms with E-state index >= 15 is 0 Å². The van der Waals surface area contributed by atoms with Gasteiger partial charge in [0.2, 0.25) is 28.0 Å². The Morgan fingerprint density at radius 3 is 2.63 bits per heavy atom. The molecule has 1 aromatic rings. The number of hydrogen-bond acceptors (Lipinski definition) is 7. The SMILES string of the molecule is O=C(NCCCN1CCCC1=O)C1CCCN(c2nnc(N3CCCCC3=O)s2)C1. The van der Waals surface area contributed by atoms with E-state index in [2.05, 4.69) is 20.4 Å². The van der Waals surface area contributed by atoms with Crippen LogP contribution in [0.15, 0.2) is 0 Å². The molecular weight excluding hydrogens is 404 g/mol. The Morgan fingerprint density at radius 2 is 1.83 bits per heavy atom. The van der Waals surface area contributed by atoms with Crippen LogP contribution >= 0.6 is 11.3 Å². The van der Waals surface area contributed by atoms with Crippen molar-refractivity contribution in [2.75, 3.05) is 49.1 Å². The van der Waals surface area contributed by atoms with Gasteiger partial charge in [0, 0.05) is 52.1 Å². The van der Waals surface area contributed by atoms with Crippen LogP contribution in [0.25, 0.3) is 0 Å². The lowest BCUT2D eigenvalue weighted by Gasteiger charge is -2.31. The fraction of sp³-hybridized carbons (Fsp3) is 0.750. The van der Waals surface area contributed by atoms with Crippen molar-refractivity contribution in [1.29, 1.82) is 0 Å². The number of carbonyl (C=O) groups is 3. The highest BCUT2D eigenvalue weighted by atomic mass is 32.1. The first kappa shape index (κ1) is 21.0. The number of hydrogen-bond donors (Lipinski definition) is 1. The van der Waals surface area contributed by atoms with Gasteiger partial charge in [-0.3, -0.25) is 19.3 Å². The molecule has 4 rings (SSSR count). The predicted molar refractivity (Wildman–Crippen MR) is 114 cm³/mol. The summed E-state index contributed by atoms with van der Waals surface area (Å²) in [5, 5.41) is 13.0. The third-order valence-electron chi connectivity index (χ3n) is 6.10. The molecule has 9 nitrogen and oxygen atoms in total. The summed E-state index contributed by atoms with van der Waals surface area (Å²) in [6, 6.07) is 0. The molecule has 0 radical (unpaired) electrons. The van der Waals surface area contributed by atoms with Crippen molar-refractivity contribution in [3.8, 4) is 0 Å². The third kappa shape index (κ3) is 4.91. The van der Waals surface area contributed by atoms with Crippen LogP contribution < -0.4 is 15.1 Å². The van der Waals surface area contributed by atoms with Crippen LogP contribution in [0, 0.1) is 5.92 Å². The fourth-order valence-corrected chi connectivity index (χ4v) is 5.31. The highest BCUT2D eigenvalue weighted by Crippen LogP contribution is 2.32. The lowest BCUT2D eigenvalue weighted by atomic mass is 9.97. The first-order valence-electron chi connectivity index (χ1n) is 11.1. The molecule has 3 saturated heterocycles. The number of piperidine rings is 2. The molecule has 0 spiro atoms. The Labute approximate surface area is 180 Å². The molecule has 1 aromatic heterocycles. The van der Waals surface area contributed by atoms with Gasteiger partial charge in [-0.2, -0.15) is 0 Å². The van der Waals surface area contributed by atoms with Gasteiger partial charge in [-0.25, -0.2) is 0 Å². The molecule has 1 N–H and O–H groups in total. The molecule has 10 heteroatoms. The minimum Gasteiger partial charge on any atom is -0.356 e. The van der Waals surface area contributed by atoms with E-state index < -0.39 is 0 Å². The van der Waals surface area contributed by atoms with E-state index in [0.717, 1.165) is 63.3 Å². The molecule has 0 aliphatic carbocycles. The van der Waals surface area contributed by atoms with Gasteiger partial charge in [-0.1, -0.05) is 11.3 Å². The summed E-state index contributed by atoms with van der Waals surface area (Å²) in [5.74, 6) is 0.349. The predicted octanol–water partition coefficient (Wildman–Crippen LogP) is 1.40. The average molecular weight is 435 g/mol. The minimum atomic E-state index is -0.0730. The summed E-state index contributed by atoms with van der Waals surface area (Å²) in [6.07, 6.45) is 6.70. The van der Waals surface area contributed by atoms with Crippen LogP contribution in [0.3, 0.4) is 0 Å². The zero-order chi connectivity index (χ0) is 20.9. The number of carbonyl (C=O) groups excluding carboxylic acids is 3. The molecule has 3 fully saturated rings. The first-order valence-corrected chi connectivity index (χ1v) is 11.9. The smallest absolute Gasteiger partial charge is 0.228 e. The van der Waals surface area contributed by atoms with E-state index in [1.807, 2.05) is 4.90 Å². The summed E-state index contributed by atoms with van der Waals surface area (Å²) in [4.78, 5) is 42.1. The lowest BCUT2D eigenvalue weighted by Crippen LogP contribution is -2.43. The van der Waals surface area contributed by atoms with Gasteiger partial charge in [0.1, 0.15) is 0 Å². The molecule has 0 aromatic carbocycles. The van der Waals surface area contributed by atoms with Crippen molar-refractivity contribution in [2.45, 2.75) is 51.4 Å². The summed E-state index contributed by atoms with van der Waals surface area (Å²) in [7, 11) is 0. The van der Waals surface area contributed by atoms with Crippen molar-refractivity contribution < 1.29 is 14.4 Å². The fourth-order valence-electron chi connectivity index (χ4n) is 4.38. The van der Waals surface area contributed by atoms with Crippen LogP contribution in [0.4, 0.5) is 10.3 Å². The number of aromatic nitrogens is 2. The number of nitrogens with one attached hydrogen (secondary N) is 1. The summed E-state index contributed by atoms with van der Waals surface area (Å²) >= 11 is 1.44. The van der Waals surface area contributed by atoms with E-state index in [1.165, 1.54) is 11.3 Å². The number of likely N-dealkylation sites (tertiary alicyclic amines) is 1. The summed E-state index contributed by atoms with van der Waals surface area (Å²) in [5.41, 5.74) is 0. The first-order chi connectivity index (χ1) is 14.6. The largest absolute Gasteiger partial charge is 0.356 e. The minimum absolute atomic E-state index is 0.0726. The molecule has 1 unspecified atom stereocenters. The Bertz CT molecular complexity index is 784. The van der Waals surface area contributed by atoms with Crippen LogP contribution in [-0.2, 0) is 14.4 Å². The second-order valence-electron chi connectivity index (χ2n) is 8.28. The number of amides is 3. The second kappa shape index (κ2) is 9.72. The van der Waals surface area contributed by atoms with Crippen molar-refractivity contribution in [2.24, 2.45) is 5.92 Å². The average Bonchev–Trinajstić information content (AvgIpc) is 3.41. The van der Waals surface area contributed by atoms with Crippen molar-refractivity contribution in [3.63, 3.8) is 0 Å². The van der Waals surface area contributed by atoms with E-state index in [4.69, 9.17) is 0 Å². The van der Waals surface area contributed by atoms with Gasteiger partial charge in [0.15, 0.2) is 0 Å². The Morgan fingerprint density at radius 1 is 1.00 bits per heavy atom. The number of nitrogens with zero attached hydrogens (tertiary/aromatic N) is 5. The molecular formula is C20H30N6O3S. The van der Waals surface area contributed by atoms with Crippen LogP contribution in [0.2, 0.25) is 0 Å². The number of rotatable bonds is 7. The van der Waals surface area contributed by atoms with Crippen molar-refractivity contribution in [3.05, 3.63) is 0 Å². The van der Waals surface area contributed by atoms with Gasteiger partial charge in [-0.05, 0) is 38.5 Å². The zero-order valence-electron chi connectivity index (χ0n) is 17.3. The quantitative estimate of drug-likeness (QED) is 0.652. The molecule has 30 heavy (non-hydrogen) atoms. The molecule has 1 atom stereocenters. The van der Waals surface area contributed by atoms with Gasteiger partial charge in [-0.15, -0.1) is 10.2 Å². The number of anilines is 2. The Hall–Kier alpha value is -2.23. The Balaban J connectivity index is 1.25. The van der Waals surface area contributed by atoms with Gasteiger partial charge < -0.3 is 15.1 Å². The van der Waals surface area contributed by atoms with Gasteiger partial charge in [0.05, 0.1) is 5.92 Å². The molecule has 3 amide bonds. The molecule has 3 aliphatic heterocycles. The standard InChI is InChI=1S/C20H30N6O3S/c27-16-8-4-10-24(16)12-5-9-21-18(29)15-6-3-11-25(14-15)19-22-23-20(30-19)26-13-2-1-7-17(26)28/h15H,1-14H2,(H,21,29). The maximum Gasteiger partial charge on any atom is 0.228 e. The lowest BCUT2D eigenvalue weighted by molar-refractivity contribution is -0.127. The molecule has 164 valence electrons. The zero-order valence-corrected chi connectivity index (χ0v) is 18.2. The highest BCUT2D eigenvalue weighted by Gasteiger charge is 2.29. The summed E-state index contributed by atoms with van der Waals surface area (Å²) in [6.45, 7) is 4.35. The molecule has 4 heterocycles. The monoisotopic (exact) mass is 434 g/mol. The maximum atomic E-state index is 12.6. The van der Waals surface area contributed by atoms with E-state index in [9.17, 15) is 14.4 Å². The van der Waals surface area contributed by atoms with E-state index in [0.29, 0.717) is 37.6 Å². The topological polar surface area (TPSA) is 98.7 Å². The Kier molecular flexibility index (Phi) is 6.81. The molecule has 0 saturated carbocycles. The summed E-state index contributed by atoms with van der Waals surface area (Å²) < 4.78 is 0. The van der Waals surface area contributed by atoms with Crippen molar-refractivity contribution in [1.82, 2.24) is 20.4 Å². The normalized spacial score (nSPS) is 22.7. The van der Waals surface area contributed by atoms with E-state index in [1.54, 1.807) is 4.90 Å². The van der Waals surface area contributed by atoms with Crippen LogP contribution in [0.5, 0.6) is 0 Å². The highest BCUT2D eigenvalue weighted by molar-refractivity contribution is 7.19. The third-order valence-corrected chi connectivity index (χ3v) is 7.10. The molecule has 3 aliphatic rings. The second-order valence-corrected chi connectivity index (χ2v) is 9.22. The molecule has 0 bridgehead atoms. The van der Waals surface area contributed by atoms with Crippen LogP contribution in [-0.4, -0.2) is 72.1 Å². The van der Waals surface area contributed by atoms with Gasteiger partial charge >= 0.3 is 0 Å². The van der Waals surface area contributed by atoms with Crippen molar-refractivity contribution >= 4 is 39.3 Å². The van der Waals surface area contributed by atoms with Crippen LogP contribution in [0.1, 0.15) is 51.4 Å².